The van der Waals surface area contributed by atoms with Crippen molar-refractivity contribution in [2.24, 2.45) is 0 Å². The summed E-state index contributed by atoms with van der Waals surface area (Å²) in [5, 5.41) is 10.5. The minimum absolute atomic E-state index is 0.0223. The molecule has 0 saturated carbocycles. The van der Waals surface area contributed by atoms with Crippen molar-refractivity contribution in [3.05, 3.63) is 46.2 Å². The van der Waals surface area contributed by atoms with Gasteiger partial charge in [0.2, 0.25) is 0 Å². The number of nitrogens with zero attached hydrogens (tertiary/aromatic N) is 1. The molecule has 1 amide bonds. The van der Waals surface area contributed by atoms with Crippen LogP contribution in [0.3, 0.4) is 0 Å². The molecule has 1 aromatic rings. The molecular formula is C16H18ClNO5. The number of Topliss-reactive ketones (excluding diaryl/α,β-unsaturated/α-hetero) is 1. The Bertz CT molecular complexity index is 654. The third-order valence-corrected chi connectivity index (χ3v) is 4.10. The van der Waals surface area contributed by atoms with Crippen LogP contribution in [0.25, 0.3) is 0 Å². The van der Waals surface area contributed by atoms with Crippen LogP contribution in [0.15, 0.2) is 35.6 Å². The average Bonchev–Trinajstić information content (AvgIpc) is 2.77. The van der Waals surface area contributed by atoms with Gasteiger partial charge in [-0.2, -0.15) is 0 Å². The molecule has 1 unspecified atom stereocenters. The molecule has 2 rings (SSSR count). The Hall–Kier alpha value is -1.89. The van der Waals surface area contributed by atoms with Crippen molar-refractivity contribution in [1.82, 2.24) is 4.90 Å². The summed E-state index contributed by atoms with van der Waals surface area (Å²) in [7, 11) is 2.89. The number of rotatable bonds is 6. The number of carbonyl (C=O) groups excluding carboxylic acids is 2. The van der Waals surface area contributed by atoms with Gasteiger partial charge in [0.05, 0.1) is 18.2 Å². The molecule has 6 nitrogen and oxygen atoms in total. The number of aliphatic hydroxyl groups is 1. The van der Waals surface area contributed by atoms with E-state index < -0.39 is 29.8 Å². The van der Waals surface area contributed by atoms with Gasteiger partial charge in [0.25, 0.3) is 5.91 Å². The maximum absolute atomic E-state index is 12.4. The summed E-state index contributed by atoms with van der Waals surface area (Å²) in [6.45, 7) is 1.35. The molecule has 0 aromatic heterocycles. The van der Waals surface area contributed by atoms with Crippen LogP contribution in [-0.4, -0.2) is 48.8 Å². The SMILES string of the molecule is COC(CN1C(=O)C(O)=C(C(C)=O)C1c1ccccc1Cl)OC. The van der Waals surface area contributed by atoms with Crippen molar-refractivity contribution in [2.75, 3.05) is 20.8 Å². The van der Waals surface area contributed by atoms with E-state index in [4.69, 9.17) is 21.1 Å². The summed E-state index contributed by atoms with van der Waals surface area (Å²) in [4.78, 5) is 25.7. The second-order valence-electron chi connectivity index (χ2n) is 5.10. The molecule has 0 aliphatic carbocycles. The minimum atomic E-state index is -0.776. The van der Waals surface area contributed by atoms with E-state index >= 15 is 0 Å². The number of aliphatic hydroxyl groups excluding tert-OH is 1. The van der Waals surface area contributed by atoms with Crippen LogP contribution in [0.2, 0.25) is 5.02 Å². The second-order valence-corrected chi connectivity index (χ2v) is 5.51. The van der Waals surface area contributed by atoms with Crippen LogP contribution in [-0.2, 0) is 19.1 Å². The molecule has 1 atom stereocenters. The average molecular weight is 340 g/mol. The first-order valence-electron chi connectivity index (χ1n) is 6.97. The van der Waals surface area contributed by atoms with Gasteiger partial charge in [-0.3, -0.25) is 9.59 Å². The Labute approximate surface area is 139 Å². The zero-order chi connectivity index (χ0) is 17.1. The number of methoxy groups -OCH3 is 2. The van der Waals surface area contributed by atoms with E-state index in [1.165, 1.54) is 26.0 Å². The summed E-state index contributed by atoms with van der Waals surface area (Å²) < 4.78 is 10.2. The lowest BCUT2D eigenvalue weighted by Gasteiger charge is -2.29. The van der Waals surface area contributed by atoms with Crippen molar-refractivity contribution in [1.29, 1.82) is 0 Å². The maximum atomic E-state index is 12.4. The first kappa shape index (κ1) is 17.5. The maximum Gasteiger partial charge on any atom is 0.290 e. The lowest BCUT2D eigenvalue weighted by molar-refractivity contribution is -0.144. The monoisotopic (exact) mass is 339 g/mol. The number of carbonyl (C=O) groups is 2. The van der Waals surface area contributed by atoms with E-state index in [9.17, 15) is 14.7 Å². The number of amides is 1. The van der Waals surface area contributed by atoms with Crippen molar-refractivity contribution >= 4 is 23.3 Å². The van der Waals surface area contributed by atoms with Gasteiger partial charge in [-0.05, 0) is 18.6 Å². The molecule has 124 valence electrons. The van der Waals surface area contributed by atoms with Crippen LogP contribution in [0.1, 0.15) is 18.5 Å². The normalized spacial score (nSPS) is 18.2. The van der Waals surface area contributed by atoms with Crippen molar-refractivity contribution in [2.45, 2.75) is 19.3 Å². The molecule has 0 radical (unpaired) electrons. The highest BCUT2D eigenvalue weighted by Gasteiger charge is 2.43. The highest BCUT2D eigenvalue weighted by Crippen LogP contribution is 2.40. The predicted octanol–water partition coefficient (Wildman–Crippen LogP) is 2.24. The first-order chi connectivity index (χ1) is 10.9. The van der Waals surface area contributed by atoms with Crippen molar-refractivity contribution in [3.63, 3.8) is 0 Å². The summed E-state index contributed by atoms with van der Waals surface area (Å²) in [6.07, 6.45) is -0.692. The van der Waals surface area contributed by atoms with E-state index in [0.29, 0.717) is 10.6 Å². The van der Waals surface area contributed by atoms with Gasteiger partial charge in [0.15, 0.2) is 17.8 Å². The zero-order valence-corrected chi connectivity index (χ0v) is 13.8. The lowest BCUT2D eigenvalue weighted by atomic mass is 9.96. The molecule has 0 fully saturated rings. The lowest BCUT2D eigenvalue weighted by Crippen LogP contribution is -2.39. The molecule has 1 aliphatic heterocycles. The van der Waals surface area contributed by atoms with E-state index in [0.717, 1.165) is 0 Å². The molecular weight excluding hydrogens is 322 g/mol. The molecule has 7 heteroatoms. The van der Waals surface area contributed by atoms with Crippen LogP contribution < -0.4 is 0 Å². The highest BCUT2D eigenvalue weighted by molar-refractivity contribution is 6.31. The number of ketones is 1. The molecule has 1 heterocycles. The fraction of sp³-hybridized carbons (Fsp3) is 0.375. The standard InChI is InChI=1S/C16H18ClNO5/c1-9(19)13-14(10-6-4-5-7-11(10)17)18(16(21)15(13)20)8-12(22-2)23-3/h4-7,12,14,20H,8H2,1-3H3. The number of ether oxygens (including phenoxy) is 2. The smallest absolute Gasteiger partial charge is 0.290 e. The van der Waals surface area contributed by atoms with Gasteiger partial charge in [0.1, 0.15) is 0 Å². The zero-order valence-electron chi connectivity index (χ0n) is 13.1. The molecule has 1 aliphatic rings. The van der Waals surface area contributed by atoms with Gasteiger partial charge in [-0.15, -0.1) is 0 Å². The predicted molar refractivity (Wildman–Crippen MR) is 84.0 cm³/mol. The van der Waals surface area contributed by atoms with E-state index in [2.05, 4.69) is 0 Å². The minimum Gasteiger partial charge on any atom is -0.503 e. The van der Waals surface area contributed by atoms with E-state index in [1.54, 1.807) is 24.3 Å². The molecule has 0 bridgehead atoms. The molecule has 0 spiro atoms. The van der Waals surface area contributed by atoms with Crippen LogP contribution in [0.5, 0.6) is 0 Å². The summed E-state index contributed by atoms with van der Waals surface area (Å²) in [6, 6.07) is 6.10. The fourth-order valence-corrected chi connectivity index (χ4v) is 2.87. The Morgan fingerprint density at radius 2 is 1.96 bits per heavy atom. The van der Waals surface area contributed by atoms with Gasteiger partial charge in [0, 0.05) is 19.2 Å². The van der Waals surface area contributed by atoms with Gasteiger partial charge in [-0.25, -0.2) is 0 Å². The largest absolute Gasteiger partial charge is 0.503 e. The number of halogens is 1. The quantitative estimate of drug-likeness (QED) is 0.804. The van der Waals surface area contributed by atoms with Crippen LogP contribution >= 0.6 is 11.6 Å². The van der Waals surface area contributed by atoms with Gasteiger partial charge < -0.3 is 19.5 Å². The third kappa shape index (κ3) is 3.24. The Morgan fingerprint density at radius 1 is 1.35 bits per heavy atom. The fourth-order valence-electron chi connectivity index (χ4n) is 2.63. The molecule has 0 saturated heterocycles. The Morgan fingerprint density at radius 3 is 2.48 bits per heavy atom. The summed E-state index contributed by atoms with van der Waals surface area (Å²) in [5.41, 5.74) is 0.580. The van der Waals surface area contributed by atoms with Gasteiger partial charge >= 0.3 is 0 Å². The van der Waals surface area contributed by atoms with Crippen LogP contribution in [0.4, 0.5) is 0 Å². The van der Waals surface area contributed by atoms with E-state index in [1.807, 2.05) is 0 Å². The van der Waals surface area contributed by atoms with Crippen LogP contribution in [0, 0.1) is 0 Å². The topological polar surface area (TPSA) is 76.1 Å². The first-order valence-corrected chi connectivity index (χ1v) is 7.35. The highest BCUT2D eigenvalue weighted by atomic mass is 35.5. The third-order valence-electron chi connectivity index (χ3n) is 3.75. The summed E-state index contributed by atoms with van der Waals surface area (Å²) >= 11 is 6.22. The van der Waals surface area contributed by atoms with Crippen molar-refractivity contribution < 1.29 is 24.2 Å². The Kier molecular flexibility index (Phi) is 5.41. The second kappa shape index (κ2) is 7.12. The number of hydrogen-bond donors (Lipinski definition) is 1. The Balaban J connectivity index is 2.51. The number of benzene rings is 1. The molecule has 1 N–H and O–H groups in total. The van der Waals surface area contributed by atoms with Gasteiger partial charge in [-0.1, -0.05) is 29.8 Å². The van der Waals surface area contributed by atoms with E-state index in [-0.39, 0.29) is 12.1 Å². The molecule has 23 heavy (non-hydrogen) atoms. The molecule has 1 aromatic carbocycles. The van der Waals surface area contributed by atoms with Crippen molar-refractivity contribution in [3.8, 4) is 0 Å². The summed E-state index contributed by atoms with van der Waals surface area (Å²) in [5.74, 6) is -1.61. The number of hydrogen-bond acceptors (Lipinski definition) is 5.